The Labute approximate surface area is 195 Å². The van der Waals surface area contributed by atoms with Gasteiger partial charge in [0.05, 0.1) is 22.9 Å². The van der Waals surface area contributed by atoms with Crippen LogP contribution in [0.25, 0.3) is 10.8 Å². The van der Waals surface area contributed by atoms with Crippen LogP contribution in [0.2, 0.25) is 0 Å². The monoisotopic (exact) mass is 470 g/mol. The maximum atomic E-state index is 5.94. The van der Waals surface area contributed by atoms with E-state index in [4.69, 9.17) is 8.83 Å². The SMILES string of the molecule is CC1CC(C)CN(c2nnc(SC(C)c3nnc(-c4cccs4)o3)n2Cc2ccco2)C1. The fourth-order valence-electron chi connectivity index (χ4n) is 4.23. The first kappa shape index (κ1) is 21.3. The summed E-state index contributed by atoms with van der Waals surface area (Å²) in [4.78, 5) is 3.32. The van der Waals surface area contributed by atoms with Gasteiger partial charge in [-0.3, -0.25) is 4.57 Å². The lowest BCUT2D eigenvalue weighted by Crippen LogP contribution is -2.40. The Morgan fingerprint density at radius 3 is 2.69 bits per heavy atom. The third-order valence-corrected chi connectivity index (χ3v) is 7.47. The van der Waals surface area contributed by atoms with E-state index in [1.54, 1.807) is 29.4 Å². The van der Waals surface area contributed by atoms with E-state index in [9.17, 15) is 0 Å². The van der Waals surface area contributed by atoms with Crippen molar-refractivity contribution >= 4 is 29.0 Å². The van der Waals surface area contributed by atoms with E-state index in [0.717, 1.165) is 34.8 Å². The molecule has 3 unspecified atom stereocenters. The highest BCUT2D eigenvalue weighted by atomic mass is 32.2. The highest BCUT2D eigenvalue weighted by Gasteiger charge is 2.28. The smallest absolute Gasteiger partial charge is 0.257 e. The van der Waals surface area contributed by atoms with E-state index in [-0.39, 0.29) is 5.25 Å². The largest absolute Gasteiger partial charge is 0.467 e. The number of rotatable bonds is 7. The number of thioether (sulfide) groups is 1. The van der Waals surface area contributed by atoms with E-state index in [1.165, 1.54) is 6.42 Å². The average Bonchev–Trinajstić information content (AvgIpc) is 3.55. The molecule has 0 bridgehead atoms. The molecule has 0 aliphatic carbocycles. The van der Waals surface area contributed by atoms with Gasteiger partial charge >= 0.3 is 0 Å². The van der Waals surface area contributed by atoms with Gasteiger partial charge in [-0.25, -0.2) is 0 Å². The van der Waals surface area contributed by atoms with Crippen LogP contribution in [0.1, 0.15) is 44.1 Å². The predicted molar refractivity (Wildman–Crippen MR) is 125 cm³/mol. The van der Waals surface area contributed by atoms with Crippen molar-refractivity contribution in [3.05, 3.63) is 47.6 Å². The molecule has 168 valence electrons. The van der Waals surface area contributed by atoms with Gasteiger partial charge in [-0.15, -0.1) is 31.7 Å². The number of hydrogen-bond donors (Lipinski definition) is 0. The van der Waals surface area contributed by atoms with Gasteiger partial charge in [0.1, 0.15) is 5.76 Å². The Kier molecular flexibility index (Phi) is 6.05. The zero-order valence-corrected chi connectivity index (χ0v) is 20.0. The van der Waals surface area contributed by atoms with E-state index in [0.29, 0.717) is 30.2 Å². The summed E-state index contributed by atoms with van der Waals surface area (Å²) in [5.41, 5.74) is 0. The fourth-order valence-corrected chi connectivity index (χ4v) is 5.75. The van der Waals surface area contributed by atoms with Crippen LogP contribution in [-0.2, 0) is 6.54 Å². The number of thiophene rings is 1. The van der Waals surface area contributed by atoms with Gasteiger partial charge in [0.25, 0.3) is 5.89 Å². The molecule has 0 saturated carbocycles. The van der Waals surface area contributed by atoms with Crippen molar-refractivity contribution in [2.24, 2.45) is 11.8 Å². The van der Waals surface area contributed by atoms with Crippen molar-refractivity contribution < 1.29 is 8.83 Å². The van der Waals surface area contributed by atoms with E-state index >= 15 is 0 Å². The Morgan fingerprint density at radius 2 is 1.97 bits per heavy atom. The molecule has 0 spiro atoms. The Morgan fingerprint density at radius 1 is 1.12 bits per heavy atom. The van der Waals surface area contributed by atoms with Crippen molar-refractivity contribution in [2.45, 2.75) is 44.1 Å². The third-order valence-electron chi connectivity index (χ3n) is 5.55. The number of hydrogen-bond acceptors (Lipinski definition) is 9. The lowest BCUT2D eigenvalue weighted by Gasteiger charge is -2.35. The molecular weight excluding hydrogens is 444 g/mol. The van der Waals surface area contributed by atoms with Crippen LogP contribution in [0.3, 0.4) is 0 Å². The maximum Gasteiger partial charge on any atom is 0.257 e. The second kappa shape index (κ2) is 9.11. The molecular formula is C22H26N6O2S2. The minimum absolute atomic E-state index is 0.0668. The van der Waals surface area contributed by atoms with Gasteiger partial charge in [-0.05, 0) is 48.8 Å². The van der Waals surface area contributed by atoms with E-state index in [2.05, 4.69) is 43.7 Å². The number of piperidine rings is 1. The number of furan rings is 1. The first-order valence-corrected chi connectivity index (χ1v) is 12.6. The van der Waals surface area contributed by atoms with Crippen molar-refractivity contribution in [1.29, 1.82) is 0 Å². The number of anilines is 1. The summed E-state index contributed by atoms with van der Waals surface area (Å²) in [5, 5.41) is 20.4. The summed E-state index contributed by atoms with van der Waals surface area (Å²) in [6.45, 7) is 9.19. The predicted octanol–water partition coefficient (Wildman–Crippen LogP) is 5.37. The third kappa shape index (κ3) is 4.47. The van der Waals surface area contributed by atoms with Crippen molar-refractivity contribution in [3.8, 4) is 10.8 Å². The van der Waals surface area contributed by atoms with E-state index < -0.39 is 0 Å². The molecule has 3 atom stereocenters. The molecule has 5 heterocycles. The van der Waals surface area contributed by atoms with E-state index in [1.807, 2.05) is 36.6 Å². The van der Waals surface area contributed by atoms with Gasteiger partial charge < -0.3 is 13.7 Å². The molecule has 4 aromatic heterocycles. The molecule has 4 aromatic rings. The highest BCUT2D eigenvalue weighted by Crippen LogP contribution is 2.37. The second-order valence-corrected chi connectivity index (χ2v) is 10.7. The summed E-state index contributed by atoms with van der Waals surface area (Å²) in [7, 11) is 0. The van der Waals surface area contributed by atoms with Crippen LogP contribution in [0.5, 0.6) is 0 Å². The van der Waals surface area contributed by atoms with Crippen molar-refractivity contribution in [3.63, 3.8) is 0 Å². The van der Waals surface area contributed by atoms with Crippen LogP contribution < -0.4 is 4.90 Å². The number of aromatic nitrogens is 5. The highest BCUT2D eigenvalue weighted by molar-refractivity contribution is 7.99. The van der Waals surface area contributed by atoms with Crippen LogP contribution >= 0.6 is 23.1 Å². The standard InChI is InChI=1S/C22H26N6O2S2/c1-14-10-15(2)12-27(11-14)21-25-26-22(28(21)13-17-6-4-8-29-17)32-16(3)19-23-24-20(30-19)18-7-5-9-31-18/h4-9,14-16H,10-13H2,1-3H3. The molecule has 1 fully saturated rings. The van der Waals surface area contributed by atoms with Crippen LogP contribution in [0.15, 0.2) is 49.9 Å². The zero-order chi connectivity index (χ0) is 22.1. The molecule has 1 aliphatic rings. The van der Waals surface area contributed by atoms with Crippen LogP contribution in [0.4, 0.5) is 5.95 Å². The molecule has 10 heteroatoms. The average molecular weight is 471 g/mol. The molecule has 1 saturated heterocycles. The van der Waals surface area contributed by atoms with Crippen LogP contribution in [0, 0.1) is 11.8 Å². The molecule has 0 radical (unpaired) electrons. The lowest BCUT2D eigenvalue weighted by atomic mass is 9.92. The topological polar surface area (TPSA) is 86.0 Å². The fraction of sp³-hybridized carbons (Fsp3) is 0.455. The summed E-state index contributed by atoms with van der Waals surface area (Å²) >= 11 is 3.15. The summed E-state index contributed by atoms with van der Waals surface area (Å²) in [5.74, 6) is 4.13. The molecule has 32 heavy (non-hydrogen) atoms. The minimum atomic E-state index is -0.0668. The zero-order valence-electron chi connectivity index (χ0n) is 18.3. The van der Waals surface area contributed by atoms with Gasteiger partial charge in [-0.1, -0.05) is 31.7 Å². The quantitative estimate of drug-likeness (QED) is 0.333. The number of nitrogens with zero attached hydrogens (tertiary/aromatic N) is 6. The molecule has 0 amide bonds. The summed E-state index contributed by atoms with van der Waals surface area (Å²) < 4.78 is 13.7. The summed E-state index contributed by atoms with van der Waals surface area (Å²) in [6.07, 6.45) is 2.94. The van der Waals surface area contributed by atoms with Gasteiger partial charge in [-0.2, -0.15) is 0 Å². The van der Waals surface area contributed by atoms with Crippen LogP contribution in [-0.4, -0.2) is 38.1 Å². The Balaban J connectivity index is 1.41. The van der Waals surface area contributed by atoms with Gasteiger partial charge in [0, 0.05) is 13.1 Å². The summed E-state index contributed by atoms with van der Waals surface area (Å²) in [6, 6.07) is 7.84. The second-order valence-electron chi connectivity index (χ2n) is 8.48. The molecule has 1 aliphatic heterocycles. The maximum absolute atomic E-state index is 5.94. The van der Waals surface area contributed by atoms with Crippen molar-refractivity contribution in [2.75, 3.05) is 18.0 Å². The first-order valence-electron chi connectivity index (χ1n) is 10.8. The van der Waals surface area contributed by atoms with Gasteiger partial charge in [0.15, 0.2) is 5.16 Å². The van der Waals surface area contributed by atoms with Gasteiger partial charge in [0.2, 0.25) is 11.8 Å². The molecule has 8 nitrogen and oxygen atoms in total. The first-order chi connectivity index (χ1) is 15.6. The molecule has 0 N–H and O–H groups in total. The Hall–Kier alpha value is -2.59. The molecule has 5 rings (SSSR count). The lowest BCUT2D eigenvalue weighted by molar-refractivity contribution is 0.350. The van der Waals surface area contributed by atoms with Crippen molar-refractivity contribution in [1.82, 2.24) is 25.0 Å². The minimum Gasteiger partial charge on any atom is -0.467 e. The normalized spacial score (nSPS) is 20.0. The Bertz CT molecular complexity index is 1130. The molecule has 0 aromatic carbocycles.